The minimum atomic E-state index is -1.61. The largest absolute Gasteiger partial charge is 0.368 e. The monoisotopic (exact) mass is 546 g/mol. The van der Waals surface area contributed by atoms with Crippen LogP contribution in [0.4, 0.5) is 0 Å². The first-order valence-corrected chi connectivity index (χ1v) is 14.4. The molecule has 0 saturated heterocycles. The number of aryl methyl sites for hydroxylation is 2. The number of carbonyl (C=O) groups is 2. The van der Waals surface area contributed by atoms with E-state index in [0.717, 1.165) is 37.9 Å². The minimum Gasteiger partial charge on any atom is -0.368 e. The number of primary amides is 1. The predicted octanol–water partition coefficient (Wildman–Crippen LogP) is 3.43. The van der Waals surface area contributed by atoms with Crippen LogP contribution in [0.2, 0.25) is 0 Å². The molecule has 4 N–H and O–H groups in total. The third kappa shape index (κ3) is 12.6. The van der Waals surface area contributed by atoms with Gasteiger partial charge in [0, 0.05) is 13.1 Å². The van der Waals surface area contributed by atoms with Crippen molar-refractivity contribution in [2.24, 2.45) is 27.7 Å². The highest BCUT2D eigenvalue weighted by molar-refractivity contribution is 7.83. The van der Waals surface area contributed by atoms with Crippen LogP contribution in [0.5, 0.6) is 0 Å². The molecule has 1 aromatic heterocycles. The Hall–Kier alpha value is -2.85. The highest BCUT2D eigenvalue weighted by Gasteiger charge is 2.19. The molecule has 2 atom stereocenters. The summed E-state index contributed by atoms with van der Waals surface area (Å²) in [6.07, 6.45) is 4.27. The van der Waals surface area contributed by atoms with E-state index in [9.17, 15) is 13.8 Å². The van der Waals surface area contributed by atoms with Crippen molar-refractivity contribution in [2.45, 2.75) is 78.2 Å². The Kier molecular flexibility index (Phi) is 15.4. The van der Waals surface area contributed by atoms with E-state index >= 15 is 0 Å². The van der Waals surface area contributed by atoms with Gasteiger partial charge in [0.05, 0.1) is 10.6 Å². The lowest BCUT2D eigenvalue weighted by Crippen LogP contribution is -2.36. The van der Waals surface area contributed by atoms with Gasteiger partial charge in [0.2, 0.25) is 12.3 Å². The summed E-state index contributed by atoms with van der Waals surface area (Å²) < 4.78 is 18.2. The van der Waals surface area contributed by atoms with Crippen molar-refractivity contribution in [3.8, 4) is 0 Å². The smallest absolute Gasteiger partial charge is 0.242 e. The molecule has 2 aromatic rings. The third-order valence-electron chi connectivity index (χ3n) is 5.81. The standard InChI is InChI=1S/C17H23N5O2S.C11H23NO/c1-12-5-8-14(9-6-12)25(24)21-16-10-7-13(2)20-22(16)15(17(19)23)4-3-11-18;1-10(2)5-7-12(9-13)8-6-11(3)4/h5-10,15H,3-4,11,18H2,1-2H3,(H2,19,23);9-11H,5-8H2,1-4H3/b21-16+;. The maximum Gasteiger partial charge on any atom is 0.242 e. The highest BCUT2D eigenvalue weighted by atomic mass is 32.2. The van der Waals surface area contributed by atoms with E-state index < -0.39 is 22.9 Å². The Morgan fingerprint density at radius 3 is 2.08 bits per heavy atom. The summed E-state index contributed by atoms with van der Waals surface area (Å²) in [5.41, 5.74) is 13.2. The molecule has 9 nitrogen and oxygen atoms in total. The van der Waals surface area contributed by atoms with Gasteiger partial charge in [0.15, 0.2) is 16.5 Å². The molecule has 0 saturated carbocycles. The molecule has 2 unspecified atom stereocenters. The first kappa shape index (κ1) is 33.2. The van der Waals surface area contributed by atoms with E-state index in [1.807, 2.05) is 24.0 Å². The zero-order valence-electron chi connectivity index (χ0n) is 23.8. The zero-order valence-corrected chi connectivity index (χ0v) is 24.6. The molecular weight excluding hydrogens is 500 g/mol. The fourth-order valence-electron chi connectivity index (χ4n) is 3.38. The van der Waals surface area contributed by atoms with Crippen LogP contribution in [0.25, 0.3) is 0 Å². The van der Waals surface area contributed by atoms with Crippen molar-refractivity contribution in [3.05, 3.63) is 53.1 Å². The summed E-state index contributed by atoms with van der Waals surface area (Å²) in [7, 11) is -1.61. The number of rotatable bonds is 14. The first-order valence-electron chi connectivity index (χ1n) is 13.3. The number of hydrogen-bond donors (Lipinski definition) is 2. The van der Waals surface area contributed by atoms with Crippen LogP contribution in [0.1, 0.15) is 70.7 Å². The number of nitrogens with two attached hydrogens (primary N) is 2. The van der Waals surface area contributed by atoms with Crippen LogP contribution in [-0.4, -0.2) is 50.8 Å². The molecule has 0 aliphatic rings. The van der Waals surface area contributed by atoms with Gasteiger partial charge in [-0.15, -0.1) is 0 Å². The summed E-state index contributed by atoms with van der Waals surface area (Å²) in [6, 6.07) is 10.0. The second kappa shape index (κ2) is 17.6. The molecule has 0 aliphatic heterocycles. The zero-order chi connectivity index (χ0) is 28.7. The van der Waals surface area contributed by atoms with Gasteiger partial charge in [-0.1, -0.05) is 45.4 Å². The minimum absolute atomic E-state index is 0.338. The van der Waals surface area contributed by atoms with Gasteiger partial charge < -0.3 is 16.4 Å². The summed E-state index contributed by atoms with van der Waals surface area (Å²) in [5, 5.41) is 4.36. The molecule has 10 heteroatoms. The van der Waals surface area contributed by atoms with Crippen molar-refractivity contribution in [3.63, 3.8) is 0 Å². The van der Waals surface area contributed by atoms with Gasteiger partial charge in [0.1, 0.15) is 6.04 Å². The van der Waals surface area contributed by atoms with E-state index in [4.69, 9.17) is 11.5 Å². The van der Waals surface area contributed by atoms with Crippen molar-refractivity contribution in [2.75, 3.05) is 19.6 Å². The van der Waals surface area contributed by atoms with E-state index in [-0.39, 0.29) is 0 Å². The summed E-state index contributed by atoms with van der Waals surface area (Å²) in [5.74, 6) is 0.845. The predicted molar refractivity (Wildman–Crippen MR) is 153 cm³/mol. The van der Waals surface area contributed by atoms with E-state index in [1.165, 1.54) is 4.68 Å². The van der Waals surface area contributed by atoms with Crippen LogP contribution in [0.3, 0.4) is 0 Å². The average molecular weight is 547 g/mol. The normalized spacial score (nSPS) is 13.1. The van der Waals surface area contributed by atoms with Crippen molar-refractivity contribution in [1.82, 2.24) is 14.7 Å². The quantitative estimate of drug-likeness (QED) is 0.350. The lowest BCUT2D eigenvalue weighted by Gasteiger charge is -2.19. The molecule has 0 spiro atoms. The third-order valence-corrected chi connectivity index (χ3v) is 6.84. The number of amides is 2. The molecule has 1 heterocycles. The van der Waals surface area contributed by atoms with Gasteiger partial charge in [-0.3, -0.25) is 9.59 Å². The topological polar surface area (TPSA) is 137 Å². The fourth-order valence-corrected chi connectivity index (χ4v) is 4.17. The Morgan fingerprint density at radius 2 is 1.61 bits per heavy atom. The number of aromatic nitrogens is 2. The fraction of sp³-hybridized carbons (Fsp3) is 0.571. The van der Waals surface area contributed by atoms with Crippen LogP contribution in [0, 0.1) is 25.7 Å². The van der Waals surface area contributed by atoms with Crippen LogP contribution in [0.15, 0.2) is 45.7 Å². The van der Waals surface area contributed by atoms with E-state index in [1.54, 1.807) is 31.2 Å². The maximum absolute atomic E-state index is 12.5. The highest BCUT2D eigenvalue weighted by Crippen LogP contribution is 2.12. The number of carbonyl (C=O) groups excluding carboxylic acids is 2. The first-order chi connectivity index (χ1) is 18.0. The Labute approximate surface area is 230 Å². The molecule has 212 valence electrons. The molecule has 0 radical (unpaired) electrons. The van der Waals surface area contributed by atoms with Crippen LogP contribution < -0.4 is 17.0 Å². The molecule has 2 rings (SSSR count). The van der Waals surface area contributed by atoms with Crippen LogP contribution in [-0.2, 0) is 20.6 Å². The summed E-state index contributed by atoms with van der Waals surface area (Å²) >= 11 is 0. The van der Waals surface area contributed by atoms with E-state index in [0.29, 0.717) is 47.3 Å². The summed E-state index contributed by atoms with van der Waals surface area (Å²) in [4.78, 5) is 25.0. The maximum atomic E-state index is 12.5. The SMILES string of the molecule is CC(C)CCN(C=O)CCC(C)C.Cc1ccc(S(=O)/N=c2\ccc(C)nn2C(CCCN)C(N)=O)cc1. The number of nitrogens with zero attached hydrogens (tertiary/aromatic N) is 4. The van der Waals surface area contributed by atoms with Gasteiger partial charge in [0.25, 0.3) is 0 Å². The van der Waals surface area contributed by atoms with Gasteiger partial charge >= 0.3 is 0 Å². The van der Waals surface area contributed by atoms with Crippen molar-refractivity contribution in [1.29, 1.82) is 0 Å². The molecule has 0 fully saturated rings. The molecule has 0 aliphatic carbocycles. The lowest BCUT2D eigenvalue weighted by molar-refractivity contribution is -0.121. The Bertz CT molecular complexity index is 1070. The lowest BCUT2D eigenvalue weighted by atomic mass is 10.1. The molecule has 38 heavy (non-hydrogen) atoms. The van der Waals surface area contributed by atoms with Gasteiger partial charge in [-0.2, -0.15) is 9.50 Å². The molecular formula is C28H46N6O3S. The Morgan fingerprint density at radius 1 is 1.03 bits per heavy atom. The van der Waals surface area contributed by atoms with Crippen molar-refractivity contribution < 1.29 is 13.8 Å². The summed E-state index contributed by atoms with van der Waals surface area (Å²) in [6.45, 7) is 14.8. The average Bonchev–Trinajstić information content (AvgIpc) is 2.86. The molecule has 1 aromatic carbocycles. The number of hydrogen-bond acceptors (Lipinski definition) is 5. The number of benzene rings is 1. The second-order valence-corrected chi connectivity index (χ2v) is 11.4. The molecule has 0 bridgehead atoms. The van der Waals surface area contributed by atoms with Gasteiger partial charge in [-0.25, -0.2) is 8.89 Å². The van der Waals surface area contributed by atoms with Crippen molar-refractivity contribution >= 4 is 23.3 Å². The van der Waals surface area contributed by atoms with Crippen LogP contribution >= 0.6 is 0 Å². The Balaban J connectivity index is 0.000000471. The van der Waals surface area contributed by atoms with Gasteiger partial charge in [-0.05, 0) is 82.2 Å². The molecule has 2 amide bonds. The van der Waals surface area contributed by atoms with E-state index in [2.05, 4.69) is 37.2 Å². The second-order valence-electron chi connectivity index (χ2n) is 10.3.